The van der Waals surface area contributed by atoms with Crippen LogP contribution in [0.15, 0.2) is 65.4 Å². The van der Waals surface area contributed by atoms with Crippen molar-refractivity contribution >= 4 is 0 Å². The quantitative estimate of drug-likeness (QED) is 0.259. The number of nitrogens with zero attached hydrogens (tertiary/aromatic N) is 6. The van der Waals surface area contributed by atoms with E-state index in [4.69, 9.17) is 14.1 Å². The summed E-state index contributed by atoms with van der Waals surface area (Å²) in [5, 5.41) is 5.54. The molecule has 9 nitrogen and oxygen atoms in total. The summed E-state index contributed by atoms with van der Waals surface area (Å²) in [6.45, 7) is 1.83. The van der Waals surface area contributed by atoms with Crippen LogP contribution < -0.4 is 9.57 Å². The normalized spacial score (nSPS) is 15.2. The molecule has 0 spiro atoms. The molecule has 0 N–H and O–H groups in total. The minimum absolute atomic E-state index is 0.0486. The average molecular weight is 580 g/mol. The Morgan fingerprint density at radius 1 is 0.829 bits per heavy atom. The molecule has 2 aromatic heterocycles. The van der Waals surface area contributed by atoms with Crippen LogP contribution in [0.3, 0.4) is 0 Å². The van der Waals surface area contributed by atoms with E-state index in [1.807, 2.05) is 0 Å². The zero-order valence-electron chi connectivity index (χ0n) is 21.2. The Balaban J connectivity index is 1.09. The Labute approximate surface area is 229 Å². The predicted molar refractivity (Wildman–Crippen MR) is 131 cm³/mol. The minimum atomic E-state index is -4.44. The standard InChI is InChI=1S/C26H22F6N6O3/c27-25(28,29)16-39-20-7-1-17(2-8-20)15-37-9-11-38(12-10-37)41-22-14-33-21(13-34-22)24-35-23(36-40-24)18-3-5-19(6-4-18)26(30,31)32/h1-8,13-14H,9-12,15-16H2. The van der Waals surface area contributed by atoms with Gasteiger partial charge in [0.25, 0.3) is 11.8 Å². The zero-order chi connectivity index (χ0) is 29.0. The number of aromatic nitrogens is 4. The van der Waals surface area contributed by atoms with Crippen LogP contribution in [0.1, 0.15) is 11.1 Å². The van der Waals surface area contributed by atoms with E-state index < -0.39 is 24.5 Å². The number of hydroxylamine groups is 2. The van der Waals surface area contributed by atoms with E-state index in [1.165, 1.54) is 36.7 Å². The van der Waals surface area contributed by atoms with E-state index in [9.17, 15) is 26.3 Å². The molecule has 0 aliphatic carbocycles. The van der Waals surface area contributed by atoms with Crippen molar-refractivity contribution in [2.45, 2.75) is 18.9 Å². The number of hydrogen-bond acceptors (Lipinski definition) is 9. The fraction of sp³-hybridized carbons (Fsp3) is 0.308. The highest BCUT2D eigenvalue weighted by Crippen LogP contribution is 2.31. The lowest BCUT2D eigenvalue weighted by Crippen LogP contribution is -2.47. The summed E-state index contributed by atoms with van der Waals surface area (Å²) < 4.78 is 85.1. The van der Waals surface area contributed by atoms with Crippen LogP contribution in [0.2, 0.25) is 0 Å². The van der Waals surface area contributed by atoms with Crippen LogP contribution in [0.4, 0.5) is 26.3 Å². The number of rotatable bonds is 8. The summed E-state index contributed by atoms with van der Waals surface area (Å²) in [5.41, 5.74) is 0.788. The van der Waals surface area contributed by atoms with E-state index in [0.29, 0.717) is 38.3 Å². The summed E-state index contributed by atoms with van der Waals surface area (Å²) >= 11 is 0. The highest BCUT2D eigenvalue weighted by Gasteiger charge is 2.30. The Hall–Kier alpha value is -4.24. The fourth-order valence-electron chi connectivity index (χ4n) is 3.95. The van der Waals surface area contributed by atoms with E-state index in [2.05, 4.69) is 25.0 Å². The second kappa shape index (κ2) is 11.7. The molecule has 0 unspecified atom stereocenters. The highest BCUT2D eigenvalue weighted by atomic mass is 19.4. The molecule has 5 rings (SSSR count). The molecule has 216 valence electrons. The Kier molecular flexibility index (Phi) is 8.08. The van der Waals surface area contributed by atoms with Gasteiger partial charge in [0.2, 0.25) is 5.82 Å². The Bertz CT molecular complexity index is 1420. The predicted octanol–water partition coefficient (Wildman–Crippen LogP) is 5.27. The van der Waals surface area contributed by atoms with Gasteiger partial charge in [0.15, 0.2) is 6.61 Å². The van der Waals surface area contributed by atoms with Gasteiger partial charge in [-0.25, -0.2) is 9.97 Å². The SMILES string of the molecule is FC(F)(F)COc1ccc(CN2CCN(Oc3cnc(-c4nc(-c5ccc(C(F)(F)F)cc5)no4)cn3)CC2)cc1. The zero-order valence-corrected chi connectivity index (χ0v) is 21.2. The van der Waals surface area contributed by atoms with Crippen molar-refractivity contribution in [3.63, 3.8) is 0 Å². The molecule has 1 aliphatic heterocycles. The fourth-order valence-corrected chi connectivity index (χ4v) is 3.95. The molecule has 0 amide bonds. The maximum Gasteiger partial charge on any atom is 0.422 e. The van der Waals surface area contributed by atoms with E-state index in [1.54, 1.807) is 17.2 Å². The van der Waals surface area contributed by atoms with Crippen molar-refractivity contribution in [2.75, 3.05) is 32.8 Å². The van der Waals surface area contributed by atoms with Gasteiger partial charge in [0.1, 0.15) is 11.4 Å². The van der Waals surface area contributed by atoms with Crippen LogP contribution in [0, 0.1) is 0 Å². The van der Waals surface area contributed by atoms with Gasteiger partial charge in [0, 0.05) is 38.3 Å². The topological polar surface area (TPSA) is 89.6 Å². The van der Waals surface area contributed by atoms with Gasteiger partial charge >= 0.3 is 12.4 Å². The molecule has 0 radical (unpaired) electrons. The van der Waals surface area contributed by atoms with Crippen molar-refractivity contribution in [3.05, 3.63) is 72.1 Å². The lowest BCUT2D eigenvalue weighted by atomic mass is 10.1. The lowest BCUT2D eigenvalue weighted by Gasteiger charge is -2.33. The van der Waals surface area contributed by atoms with Crippen molar-refractivity contribution in [1.82, 2.24) is 30.1 Å². The minimum Gasteiger partial charge on any atom is -0.484 e. The van der Waals surface area contributed by atoms with Crippen LogP contribution in [-0.2, 0) is 12.7 Å². The number of hydrogen-bond donors (Lipinski definition) is 0. The first-order valence-electron chi connectivity index (χ1n) is 12.3. The molecular weight excluding hydrogens is 558 g/mol. The maximum absolute atomic E-state index is 12.8. The smallest absolute Gasteiger partial charge is 0.422 e. The molecular formula is C26H22F6N6O3. The van der Waals surface area contributed by atoms with Gasteiger partial charge in [-0.15, -0.1) is 5.06 Å². The second-order valence-electron chi connectivity index (χ2n) is 9.08. The summed E-state index contributed by atoms with van der Waals surface area (Å²) in [7, 11) is 0. The van der Waals surface area contributed by atoms with Crippen molar-refractivity contribution in [2.24, 2.45) is 0 Å². The summed E-state index contributed by atoms with van der Waals surface area (Å²) in [6, 6.07) is 10.9. The highest BCUT2D eigenvalue weighted by molar-refractivity contribution is 5.58. The second-order valence-corrected chi connectivity index (χ2v) is 9.08. The third-order valence-corrected chi connectivity index (χ3v) is 6.03. The van der Waals surface area contributed by atoms with Gasteiger partial charge in [-0.3, -0.25) is 4.90 Å². The Morgan fingerprint density at radius 3 is 2.15 bits per heavy atom. The van der Waals surface area contributed by atoms with E-state index in [-0.39, 0.29) is 29.0 Å². The van der Waals surface area contributed by atoms with E-state index >= 15 is 0 Å². The maximum atomic E-state index is 12.8. The van der Waals surface area contributed by atoms with Gasteiger partial charge in [-0.1, -0.05) is 29.4 Å². The van der Waals surface area contributed by atoms with Gasteiger partial charge in [0.05, 0.1) is 18.0 Å². The molecule has 0 atom stereocenters. The third-order valence-electron chi connectivity index (χ3n) is 6.03. The lowest BCUT2D eigenvalue weighted by molar-refractivity contribution is -0.153. The molecule has 1 aliphatic rings. The molecule has 2 aromatic carbocycles. The summed E-state index contributed by atoms with van der Waals surface area (Å²) in [4.78, 5) is 20.6. The Morgan fingerprint density at radius 2 is 1.54 bits per heavy atom. The molecule has 3 heterocycles. The van der Waals surface area contributed by atoms with Crippen LogP contribution in [-0.4, -0.2) is 69.0 Å². The first-order valence-corrected chi connectivity index (χ1v) is 12.3. The van der Waals surface area contributed by atoms with Gasteiger partial charge in [-0.05, 0) is 29.8 Å². The van der Waals surface area contributed by atoms with Crippen LogP contribution >= 0.6 is 0 Å². The number of alkyl halides is 6. The number of benzene rings is 2. The average Bonchev–Trinajstić information content (AvgIpc) is 3.44. The van der Waals surface area contributed by atoms with E-state index in [0.717, 1.165) is 17.7 Å². The molecule has 4 aromatic rings. The number of ether oxygens (including phenoxy) is 1. The van der Waals surface area contributed by atoms with Gasteiger partial charge < -0.3 is 14.1 Å². The summed E-state index contributed by atoms with van der Waals surface area (Å²) in [6.07, 6.45) is -6.04. The molecule has 1 saturated heterocycles. The monoisotopic (exact) mass is 580 g/mol. The third kappa shape index (κ3) is 7.70. The first-order chi connectivity index (χ1) is 19.5. The van der Waals surface area contributed by atoms with Crippen LogP contribution in [0.5, 0.6) is 11.6 Å². The molecule has 0 bridgehead atoms. The number of halogens is 6. The van der Waals surface area contributed by atoms with Gasteiger partial charge in [-0.2, -0.15) is 31.3 Å². The summed E-state index contributed by atoms with van der Waals surface area (Å²) in [5.74, 6) is 0.571. The number of piperazine rings is 1. The van der Waals surface area contributed by atoms with Crippen molar-refractivity contribution in [1.29, 1.82) is 0 Å². The van der Waals surface area contributed by atoms with Crippen molar-refractivity contribution < 1.29 is 40.4 Å². The molecule has 0 saturated carbocycles. The molecule has 15 heteroatoms. The molecule has 1 fully saturated rings. The van der Waals surface area contributed by atoms with Crippen molar-refractivity contribution in [3.8, 4) is 34.6 Å². The van der Waals surface area contributed by atoms with Crippen LogP contribution in [0.25, 0.3) is 23.0 Å². The largest absolute Gasteiger partial charge is 0.484 e. The molecule has 41 heavy (non-hydrogen) atoms. The first kappa shape index (κ1) is 28.3.